The molecule has 0 spiro atoms. The highest BCUT2D eigenvalue weighted by Gasteiger charge is 1.97. The molecule has 0 aliphatic rings. The van der Waals surface area contributed by atoms with Gasteiger partial charge in [-0.05, 0) is 7.05 Å². The molecule has 0 aromatic carbocycles. The van der Waals surface area contributed by atoms with Crippen LogP contribution < -0.4 is 0 Å². The summed E-state index contributed by atoms with van der Waals surface area (Å²) < 4.78 is 0. The molecule has 0 saturated carbocycles. The van der Waals surface area contributed by atoms with Crippen molar-refractivity contribution in [2.24, 2.45) is 0 Å². The van der Waals surface area contributed by atoms with Gasteiger partial charge in [0, 0.05) is 25.1 Å². The molecule has 0 amide bonds. The summed E-state index contributed by atoms with van der Waals surface area (Å²) in [4.78, 5) is 9.69. The molecule has 0 fully saturated rings. The average Bonchev–Trinajstić information content (AvgIpc) is 2.06. The van der Waals surface area contributed by atoms with Crippen LogP contribution in [0.15, 0.2) is 18.6 Å². The standard InChI is InChI=1S/C7H11N3O/c1-10(6-11)5-7-4-8-2-3-9-7/h2-4,11H,5-6H2,1H3. The number of rotatable bonds is 3. The molecule has 1 heterocycles. The van der Waals surface area contributed by atoms with Gasteiger partial charge in [0.15, 0.2) is 0 Å². The van der Waals surface area contributed by atoms with E-state index in [-0.39, 0.29) is 6.73 Å². The van der Waals surface area contributed by atoms with Crippen LogP contribution in [-0.4, -0.2) is 33.8 Å². The fourth-order valence-corrected chi connectivity index (χ4v) is 0.738. The van der Waals surface area contributed by atoms with Crippen molar-refractivity contribution < 1.29 is 5.11 Å². The lowest BCUT2D eigenvalue weighted by molar-refractivity contribution is 0.125. The maximum absolute atomic E-state index is 8.67. The van der Waals surface area contributed by atoms with Gasteiger partial charge in [-0.3, -0.25) is 14.9 Å². The molecule has 0 unspecified atom stereocenters. The quantitative estimate of drug-likeness (QED) is 0.614. The van der Waals surface area contributed by atoms with Crippen LogP contribution in [0, 0.1) is 0 Å². The first-order valence-corrected chi connectivity index (χ1v) is 3.37. The molecule has 60 valence electrons. The smallest absolute Gasteiger partial charge is 0.0957 e. The molecule has 4 nitrogen and oxygen atoms in total. The summed E-state index contributed by atoms with van der Waals surface area (Å²) in [6.07, 6.45) is 4.95. The van der Waals surface area contributed by atoms with Gasteiger partial charge in [0.05, 0.1) is 12.4 Å². The molecule has 0 aliphatic carbocycles. The van der Waals surface area contributed by atoms with Gasteiger partial charge in [0.25, 0.3) is 0 Å². The normalized spacial score (nSPS) is 10.5. The molecule has 0 atom stereocenters. The Morgan fingerprint density at radius 1 is 1.55 bits per heavy atom. The lowest BCUT2D eigenvalue weighted by atomic mass is 10.4. The van der Waals surface area contributed by atoms with Crippen LogP contribution in [0.5, 0.6) is 0 Å². The summed E-state index contributed by atoms with van der Waals surface area (Å²) in [6.45, 7) is 0.668. The van der Waals surface area contributed by atoms with E-state index in [9.17, 15) is 0 Å². The first-order valence-electron chi connectivity index (χ1n) is 3.37. The highest BCUT2D eigenvalue weighted by atomic mass is 16.3. The van der Waals surface area contributed by atoms with E-state index < -0.39 is 0 Å². The van der Waals surface area contributed by atoms with Gasteiger partial charge in [-0.15, -0.1) is 0 Å². The van der Waals surface area contributed by atoms with Crippen molar-refractivity contribution in [1.82, 2.24) is 14.9 Å². The predicted octanol–water partition coefficient (Wildman–Crippen LogP) is -0.142. The Bertz CT molecular complexity index is 202. The van der Waals surface area contributed by atoms with Crippen LogP contribution in [0.4, 0.5) is 0 Å². The minimum Gasteiger partial charge on any atom is -0.381 e. The first-order chi connectivity index (χ1) is 5.33. The van der Waals surface area contributed by atoms with Gasteiger partial charge in [0.2, 0.25) is 0 Å². The molecule has 0 aliphatic heterocycles. The summed E-state index contributed by atoms with van der Waals surface area (Å²) in [7, 11) is 1.81. The monoisotopic (exact) mass is 153 g/mol. The molecule has 0 radical (unpaired) electrons. The van der Waals surface area contributed by atoms with E-state index in [4.69, 9.17) is 5.11 Å². The van der Waals surface area contributed by atoms with Crippen LogP contribution in [0.2, 0.25) is 0 Å². The number of aliphatic hydroxyl groups excluding tert-OH is 1. The molecule has 1 N–H and O–H groups in total. The van der Waals surface area contributed by atoms with E-state index in [2.05, 4.69) is 9.97 Å². The maximum Gasteiger partial charge on any atom is 0.0957 e. The summed E-state index contributed by atoms with van der Waals surface area (Å²) >= 11 is 0. The third-order valence-electron chi connectivity index (χ3n) is 1.29. The van der Waals surface area contributed by atoms with Gasteiger partial charge in [-0.2, -0.15) is 0 Å². The summed E-state index contributed by atoms with van der Waals surface area (Å²) in [5.74, 6) is 0. The number of hydrogen-bond acceptors (Lipinski definition) is 4. The summed E-state index contributed by atoms with van der Waals surface area (Å²) in [5, 5.41) is 8.67. The molecule has 11 heavy (non-hydrogen) atoms. The second-order valence-electron chi connectivity index (χ2n) is 2.35. The molecule has 0 bridgehead atoms. The predicted molar refractivity (Wildman–Crippen MR) is 40.6 cm³/mol. The highest BCUT2D eigenvalue weighted by Crippen LogP contribution is 1.94. The molecule has 1 aromatic rings. The van der Waals surface area contributed by atoms with Crippen molar-refractivity contribution in [1.29, 1.82) is 0 Å². The highest BCUT2D eigenvalue weighted by molar-refractivity contribution is 4.93. The fraction of sp³-hybridized carbons (Fsp3) is 0.429. The largest absolute Gasteiger partial charge is 0.381 e. The second kappa shape index (κ2) is 4.00. The van der Waals surface area contributed by atoms with E-state index in [1.165, 1.54) is 0 Å². The third kappa shape index (κ3) is 2.61. The first kappa shape index (κ1) is 8.10. The van der Waals surface area contributed by atoms with E-state index >= 15 is 0 Å². The van der Waals surface area contributed by atoms with Crippen LogP contribution in [-0.2, 0) is 6.54 Å². The third-order valence-corrected chi connectivity index (χ3v) is 1.29. The SMILES string of the molecule is CN(CO)Cc1cnccn1. The van der Waals surface area contributed by atoms with Gasteiger partial charge in [-0.1, -0.05) is 0 Å². The topological polar surface area (TPSA) is 49.2 Å². The zero-order valence-electron chi connectivity index (χ0n) is 6.44. The van der Waals surface area contributed by atoms with E-state index in [0.717, 1.165) is 5.69 Å². The molecular weight excluding hydrogens is 142 g/mol. The van der Waals surface area contributed by atoms with Crippen LogP contribution in [0.3, 0.4) is 0 Å². The van der Waals surface area contributed by atoms with Crippen LogP contribution in [0.1, 0.15) is 5.69 Å². The van der Waals surface area contributed by atoms with Crippen molar-refractivity contribution in [3.63, 3.8) is 0 Å². The minimum atomic E-state index is 0.0383. The van der Waals surface area contributed by atoms with E-state index in [1.54, 1.807) is 23.5 Å². The van der Waals surface area contributed by atoms with E-state index in [0.29, 0.717) is 6.54 Å². The Labute approximate surface area is 65.5 Å². The fourth-order valence-electron chi connectivity index (χ4n) is 0.738. The molecule has 4 heteroatoms. The van der Waals surface area contributed by atoms with Crippen molar-refractivity contribution in [2.75, 3.05) is 13.8 Å². The lowest BCUT2D eigenvalue weighted by Gasteiger charge is -2.10. The molecule has 1 rings (SSSR count). The maximum atomic E-state index is 8.67. The Morgan fingerprint density at radius 2 is 2.36 bits per heavy atom. The van der Waals surface area contributed by atoms with Crippen LogP contribution in [0.25, 0.3) is 0 Å². The number of hydrogen-bond donors (Lipinski definition) is 1. The average molecular weight is 153 g/mol. The van der Waals surface area contributed by atoms with Crippen LogP contribution >= 0.6 is 0 Å². The van der Waals surface area contributed by atoms with Gasteiger partial charge < -0.3 is 5.11 Å². The van der Waals surface area contributed by atoms with E-state index in [1.807, 2.05) is 7.05 Å². The minimum absolute atomic E-state index is 0.0383. The Balaban J connectivity index is 2.51. The second-order valence-corrected chi connectivity index (χ2v) is 2.35. The number of aromatic nitrogens is 2. The van der Waals surface area contributed by atoms with Crippen molar-refractivity contribution in [3.8, 4) is 0 Å². The van der Waals surface area contributed by atoms with Crippen molar-refractivity contribution in [3.05, 3.63) is 24.3 Å². The number of nitrogens with zero attached hydrogens (tertiary/aromatic N) is 3. The Morgan fingerprint density at radius 3 is 2.91 bits per heavy atom. The number of aliphatic hydroxyl groups is 1. The van der Waals surface area contributed by atoms with Gasteiger partial charge >= 0.3 is 0 Å². The van der Waals surface area contributed by atoms with Gasteiger partial charge in [-0.25, -0.2) is 0 Å². The molecule has 1 aromatic heterocycles. The summed E-state index contributed by atoms with van der Waals surface area (Å²) in [5.41, 5.74) is 0.865. The molecule has 0 saturated heterocycles. The van der Waals surface area contributed by atoms with Crippen molar-refractivity contribution in [2.45, 2.75) is 6.54 Å². The lowest BCUT2D eigenvalue weighted by Crippen LogP contribution is -2.19. The molecular formula is C7H11N3O. The summed E-state index contributed by atoms with van der Waals surface area (Å²) in [6, 6.07) is 0. The Kier molecular flexibility index (Phi) is 2.95. The zero-order valence-corrected chi connectivity index (χ0v) is 6.44. The Hall–Kier alpha value is -1.00. The van der Waals surface area contributed by atoms with Crippen molar-refractivity contribution >= 4 is 0 Å². The van der Waals surface area contributed by atoms with Gasteiger partial charge in [0.1, 0.15) is 0 Å². The zero-order chi connectivity index (χ0) is 8.10.